The molecule has 3 fully saturated rings. The zero-order valence-electron chi connectivity index (χ0n) is 17.9. The molecule has 0 bridgehead atoms. The second-order valence-electron chi connectivity index (χ2n) is 9.10. The smallest absolute Gasteiger partial charge is 0.237 e. The van der Waals surface area contributed by atoms with Crippen LogP contribution in [0.2, 0.25) is 0 Å². The van der Waals surface area contributed by atoms with Crippen molar-refractivity contribution in [3.05, 3.63) is 0 Å². The summed E-state index contributed by atoms with van der Waals surface area (Å²) < 4.78 is 6.03. The molecule has 168 valence electrons. The topological polar surface area (TPSA) is 102 Å². The molecule has 0 aromatic rings. The minimum atomic E-state index is -1.28. The van der Waals surface area contributed by atoms with Crippen molar-refractivity contribution in [3.8, 4) is 0 Å². The number of likely N-dealkylation sites (tertiary alicyclic amines) is 1. The zero-order valence-corrected chi connectivity index (χ0v) is 18.7. The van der Waals surface area contributed by atoms with Crippen LogP contribution >= 0.6 is 11.8 Å². The maximum Gasteiger partial charge on any atom is 0.237 e. The summed E-state index contributed by atoms with van der Waals surface area (Å²) in [5.41, 5.74) is -0.623. The van der Waals surface area contributed by atoms with Crippen LogP contribution < -0.4 is 5.32 Å². The van der Waals surface area contributed by atoms with E-state index in [-0.39, 0.29) is 23.9 Å². The van der Waals surface area contributed by atoms with Crippen molar-refractivity contribution in [1.82, 2.24) is 10.2 Å². The van der Waals surface area contributed by atoms with Gasteiger partial charge in [0, 0.05) is 6.54 Å². The van der Waals surface area contributed by atoms with E-state index in [0.717, 1.165) is 51.5 Å². The Morgan fingerprint density at radius 2 is 1.90 bits per heavy atom. The van der Waals surface area contributed by atoms with Gasteiger partial charge in [0.25, 0.3) is 0 Å². The number of ether oxygens (including phenoxy) is 1. The van der Waals surface area contributed by atoms with Crippen molar-refractivity contribution in [2.45, 2.75) is 93.8 Å². The zero-order chi connectivity index (χ0) is 21.1. The number of thioether (sulfide) groups is 1. The van der Waals surface area contributed by atoms with Crippen LogP contribution in [0.3, 0.4) is 0 Å². The summed E-state index contributed by atoms with van der Waals surface area (Å²) in [6.07, 6.45) is 4.67. The van der Waals surface area contributed by atoms with Crippen LogP contribution in [0, 0.1) is 11.8 Å². The first-order valence-electron chi connectivity index (χ1n) is 11.1. The van der Waals surface area contributed by atoms with Gasteiger partial charge < -0.3 is 25.4 Å². The molecule has 8 heteroatoms. The molecule has 29 heavy (non-hydrogen) atoms. The van der Waals surface area contributed by atoms with Crippen molar-refractivity contribution in [2.24, 2.45) is 11.8 Å². The second-order valence-corrected chi connectivity index (χ2v) is 10.0. The fourth-order valence-corrected chi connectivity index (χ4v) is 6.12. The monoisotopic (exact) mass is 430 g/mol. The average Bonchev–Trinajstić information content (AvgIpc) is 3.35. The van der Waals surface area contributed by atoms with Crippen LogP contribution in [-0.4, -0.2) is 87.9 Å². The van der Waals surface area contributed by atoms with E-state index in [1.807, 2.05) is 7.05 Å². The average molecular weight is 431 g/mol. The third kappa shape index (κ3) is 5.10. The number of hydrogen-bond acceptors (Lipinski definition) is 7. The number of nitrogens with zero attached hydrogens (tertiary/aromatic N) is 1. The van der Waals surface area contributed by atoms with E-state index in [2.05, 4.69) is 17.1 Å². The Labute approximate surface area is 178 Å². The normalized spacial score (nSPS) is 40.3. The number of aliphatic hydroxyl groups is 3. The Morgan fingerprint density at radius 3 is 2.52 bits per heavy atom. The summed E-state index contributed by atoms with van der Waals surface area (Å²) in [6, 6.07) is -0.529. The molecule has 3 rings (SSSR count). The van der Waals surface area contributed by atoms with Gasteiger partial charge in [0.2, 0.25) is 5.91 Å². The Kier molecular flexibility index (Phi) is 8.26. The van der Waals surface area contributed by atoms with Gasteiger partial charge in [-0.3, -0.25) is 9.69 Å². The minimum absolute atomic E-state index is 0.0138. The van der Waals surface area contributed by atoms with E-state index in [9.17, 15) is 20.1 Å². The molecule has 4 N–H and O–H groups in total. The lowest BCUT2D eigenvalue weighted by Crippen LogP contribution is -2.64. The van der Waals surface area contributed by atoms with E-state index in [4.69, 9.17) is 4.74 Å². The van der Waals surface area contributed by atoms with Gasteiger partial charge in [-0.2, -0.15) is 0 Å². The van der Waals surface area contributed by atoms with Gasteiger partial charge in [0.1, 0.15) is 29.9 Å². The second kappa shape index (κ2) is 10.3. The van der Waals surface area contributed by atoms with Crippen LogP contribution in [0.15, 0.2) is 0 Å². The number of hydrogen-bond donors (Lipinski definition) is 4. The predicted octanol–water partition coefficient (Wildman–Crippen LogP) is 0.952. The number of rotatable bonds is 7. The molecule has 2 aliphatic heterocycles. The predicted molar refractivity (Wildman–Crippen MR) is 114 cm³/mol. The number of carbonyl (C=O) groups is 1. The van der Waals surface area contributed by atoms with Gasteiger partial charge in [0.05, 0.1) is 12.1 Å². The third-order valence-corrected chi connectivity index (χ3v) is 7.90. The number of likely N-dealkylation sites (N-methyl/N-ethyl adjacent to an activating group) is 1. The molecule has 7 nitrogen and oxygen atoms in total. The molecule has 1 amide bonds. The van der Waals surface area contributed by atoms with Crippen LogP contribution in [0.25, 0.3) is 0 Å². The van der Waals surface area contributed by atoms with Gasteiger partial charge in [-0.05, 0) is 50.8 Å². The lowest BCUT2D eigenvalue weighted by atomic mass is 9.86. The quantitative estimate of drug-likeness (QED) is 0.477. The van der Waals surface area contributed by atoms with Crippen LogP contribution in [0.4, 0.5) is 0 Å². The largest absolute Gasteiger partial charge is 0.388 e. The molecule has 8 atom stereocenters. The molecule has 0 aromatic carbocycles. The number of amides is 1. The summed E-state index contributed by atoms with van der Waals surface area (Å²) in [5, 5.41) is 34.5. The maximum absolute atomic E-state index is 13.2. The first-order valence-corrected chi connectivity index (χ1v) is 12.4. The standard InChI is InChI=1S/C21H38N2O5S/c1-4-7-12-10-14(23(2)11-12)20(27)22-15(13-8-5-6-9-13)19-17(25)16(24)18(26)21(28-19)29-3/h12-19,21,24-26H,4-11H2,1-3H3,(H,22,27)/t12?,14?,15?,16-,17+,18+,19+,21+/m0/s1. The van der Waals surface area contributed by atoms with Crippen LogP contribution in [0.5, 0.6) is 0 Å². The van der Waals surface area contributed by atoms with E-state index in [0.29, 0.717) is 5.92 Å². The SMILES string of the molecule is CCCC1CC(C(=O)NC(C2CCCC2)[C@H]2O[C@H](SC)[C@H](O)[C@@H](O)[C@H]2O)N(C)C1. The molecule has 3 unspecified atom stereocenters. The Morgan fingerprint density at radius 1 is 1.21 bits per heavy atom. The highest BCUT2D eigenvalue weighted by molar-refractivity contribution is 7.99. The van der Waals surface area contributed by atoms with Crippen molar-refractivity contribution in [1.29, 1.82) is 0 Å². The molecule has 2 saturated heterocycles. The molecule has 0 spiro atoms. The van der Waals surface area contributed by atoms with Gasteiger partial charge in [-0.25, -0.2) is 0 Å². The number of nitrogens with one attached hydrogen (secondary N) is 1. The fourth-order valence-electron chi connectivity index (χ4n) is 5.44. The Balaban J connectivity index is 1.74. The Bertz CT molecular complexity index is 545. The first-order chi connectivity index (χ1) is 13.9. The first kappa shape index (κ1) is 23.3. The van der Waals surface area contributed by atoms with Gasteiger partial charge in [-0.15, -0.1) is 11.8 Å². The molecule has 1 saturated carbocycles. The van der Waals surface area contributed by atoms with Gasteiger partial charge >= 0.3 is 0 Å². The molecule has 2 heterocycles. The molecule has 3 aliphatic rings. The molecular formula is C21H38N2O5S. The lowest BCUT2D eigenvalue weighted by Gasteiger charge is -2.45. The van der Waals surface area contributed by atoms with E-state index in [1.165, 1.54) is 11.8 Å². The highest BCUT2D eigenvalue weighted by Gasteiger charge is 2.49. The maximum atomic E-state index is 13.2. The van der Waals surface area contributed by atoms with E-state index in [1.54, 1.807) is 6.26 Å². The number of carbonyl (C=O) groups excluding carboxylic acids is 1. The molecule has 0 aromatic heterocycles. The molecule has 0 radical (unpaired) electrons. The van der Waals surface area contributed by atoms with Crippen molar-refractivity contribution in [3.63, 3.8) is 0 Å². The summed E-state index contributed by atoms with van der Waals surface area (Å²) in [5.74, 6) is 0.738. The molecule has 1 aliphatic carbocycles. The van der Waals surface area contributed by atoms with Gasteiger partial charge in [0.15, 0.2) is 0 Å². The van der Waals surface area contributed by atoms with Crippen LogP contribution in [0.1, 0.15) is 51.9 Å². The molecular weight excluding hydrogens is 392 g/mol. The minimum Gasteiger partial charge on any atom is -0.388 e. The van der Waals surface area contributed by atoms with Crippen molar-refractivity contribution in [2.75, 3.05) is 19.8 Å². The highest BCUT2D eigenvalue weighted by Crippen LogP contribution is 2.36. The fraction of sp³-hybridized carbons (Fsp3) is 0.952. The number of aliphatic hydroxyl groups excluding tert-OH is 3. The van der Waals surface area contributed by atoms with Crippen LogP contribution in [-0.2, 0) is 9.53 Å². The third-order valence-electron chi connectivity index (χ3n) is 7.04. The van der Waals surface area contributed by atoms with E-state index < -0.39 is 29.9 Å². The van der Waals surface area contributed by atoms with Gasteiger partial charge in [-0.1, -0.05) is 26.2 Å². The van der Waals surface area contributed by atoms with Crippen molar-refractivity contribution >= 4 is 17.7 Å². The summed E-state index contributed by atoms with van der Waals surface area (Å²) in [7, 11) is 2.00. The van der Waals surface area contributed by atoms with Crippen molar-refractivity contribution < 1.29 is 24.9 Å². The Hall–Kier alpha value is -0.380. The lowest BCUT2D eigenvalue weighted by molar-refractivity contribution is -0.208. The highest BCUT2D eigenvalue weighted by atomic mass is 32.2. The van der Waals surface area contributed by atoms with E-state index >= 15 is 0 Å². The summed E-state index contributed by atoms with van der Waals surface area (Å²) in [6.45, 7) is 3.11. The summed E-state index contributed by atoms with van der Waals surface area (Å²) >= 11 is 1.31. The summed E-state index contributed by atoms with van der Waals surface area (Å²) in [4.78, 5) is 15.3.